The van der Waals surface area contributed by atoms with Gasteiger partial charge in [0.1, 0.15) is 0 Å². The maximum absolute atomic E-state index is 9.63. The molecule has 1 aliphatic rings. The fraction of sp³-hybridized carbons (Fsp3) is 0.533. The maximum atomic E-state index is 9.63. The Morgan fingerprint density at radius 1 is 1.12 bits per heavy atom. The third-order valence-electron chi connectivity index (χ3n) is 4.05. The van der Waals surface area contributed by atoms with E-state index in [4.69, 9.17) is 0 Å². The van der Waals surface area contributed by atoms with Crippen LogP contribution in [0.25, 0.3) is 0 Å². The predicted octanol–water partition coefficient (Wildman–Crippen LogP) is 2.71. The van der Waals surface area contributed by atoms with Gasteiger partial charge in [-0.2, -0.15) is 5.26 Å². The van der Waals surface area contributed by atoms with Gasteiger partial charge in [0.25, 0.3) is 0 Å². The molecular formula is C15H21N2+. The van der Waals surface area contributed by atoms with Gasteiger partial charge in [-0.05, 0) is 18.4 Å². The van der Waals surface area contributed by atoms with Crippen molar-refractivity contribution >= 4 is 0 Å². The average molecular weight is 229 g/mol. The number of likely N-dealkylation sites (tertiary alicyclic amines) is 1. The summed E-state index contributed by atoms with van der Waals surface area (Å²) in [5, 5.41) is 9.63. The van der Waals surface area contributed by atoms with E-state index < -0.39 is 0 Å². The van der Waals surface area contributed by atoms with E-state index in [0.717, 1.165) is 30.3 Å². The highest BCUT2D eigenvalue weighted by Crippen LogP contribution is 2.35. The monoisotopic (exact) mass is 229 g/mol. The van der Waals surface area contributed by atoms with Crippen molar-refractivity contribution in [3.63, 3.8) is 0 Å². The Morgan fingerprint density at radius 2 is 1.82 bits per heavy atom. The van der Waals surface area contributed by atoms with Crippen LogP contribution in [0.3, 0.4) is 0 Å². The van der Waals surface area contributed by atoms with E-state index in [1.165, 1.54) is 12.1 Å². The normalized spacial score (nSPS) is 28.1. The molecule has 0 saturated carbocycles. The Hall–Kier alpha value is -1.33. The lowest BCUT2D eigenvalue weighted by atomic mass is 9.76. The molecule has 0 spiro atoms. The Bertz CT molecular complexity index is 416. The molecule has 1 aromatic carbocycles. The van der Waals surface area contributed by atoms with Gasteiger partial charge in [0.05, 0.1) is 38.7 Å². The van der Waals surface area contributed by atoms with Crippen LogP contribution in [0, 0.1) is 11.3 Å². The Kier molecular flexibility index (Phi) is 3.22. The van der Waals surface area contributed by atoms with Gasteiger partial charge in [-0.15, -0.1) is 0 Å². The van der Waals surface area contributed by atoms with Crippen LogP contribution in [0.2, 0.25) is 0 Å². The van der Waals surface area contributed by atoms with Crippen LogP contribution in [0.4, 0.5) is 0 Å². The van der Waals surface area contributed by atoms with Gasteiger partial charge in [-0.1, -0.05) is 30.3 Å². The first-order valence-electron chi connectivity index (χ1n) is 6.37. The Labute approximate surface area is 104 Å². The van der Waals surface area contributed by atoms with E-state index in [-0.39, 0.29) is 5.41 Å². The van der Waals surface area contributed by atoms with Crippen molar-refractivity contribution in [3.8, 4) is 6.07 Å². The molecule has 2 heteroatoms. The first-order valence-corrected chi connectivity index (χ1v) is 6.37. The van der Waals surface area contributed by atoms with Crippen molar-refractivity contribution in [2.24, 2.45) is 0 Å². The van der Waals surface area contributed by atoms with Gasteiger partial charge in [-0.25, -0.2) is 0 Å². The molecule has 0 amide bonds. The van der Waals surface area contributed by atoms with E-state index in [9.17, 15) is 5.26 Å². The van der Waals surface area contributed by atoms with Crippen LogP contribution >= 0.6 is 0 Å². The SMILES string of the molecule is C[N+]1(C)CCC[C@](C#N)(c2ccccc2)CC1. The Balaban J connectivity index is 2.30. The molecule has 0 aliphatic carbocycles. The highest BCUT2D eigenvalue weighted by atomic mass is 15.3. The van der Waals surface area contributed by atoms with E-state index in [1.807, 2.05) is 18.2 Å². The predicted molar refractivity (Wildman–Crippen MR) is 69.4 cm³/mol. The molecule has 1 aliphatic heterocycles. The van der Waals surface area contributed by atoms with Crippen molar-refractivity contribution in [2.75, 3.05) is 27.2 Å². The number of nitriles is 1. The van der Waals surface area contributed by atoms with Crippen LogP contribution in [0.1, 0.15) is 24.8 Å². The Morgan fingerprint density at radius 3 is 2.47 bits per heavy atom. The summed E-state index contributed by atoms with van der Waals surface area (Å²) >= 11 is 0. The minimum Gasteiger partial charge on any atom is -0.328 e. The van der Waals surface area contributed by atoms with Crippen molar-refractivity contribution in [1.29, 1.82) is 5.26 Å². The molecule has 0 N–H and O–H groups in total. The summed E-state index contributed by atoms with van der Waals surface area (Å²) in [7, 11) is 4.52. The topological polar surface area (TPSA) is 23.8 Å². The van der Waals surface area contributed by atoms with Crippen molar-refractivity contribution in [1.82, 2.24) is 0 Å². The smallest absolute Gasteiger partial charge is 0.0877 e. The maximum Gasteiger partial charge on any atom is 0.0877 e. The lowest BCUT2D eigenvalue weighted by Crippen LogP contribution is -2.41. The standard InChI is InChI=1S/C15H21N2/c1-17(2)11-6-9-15(13-16,10-12-17)14-7-4-3-5-8-14/h3-5,7-8H,6,9-12H2,1-2H3/q+1/t15-/m0/s1. The summed E-state index contributed by atoms with van der Waals surface area (Å²) in [4.78, 5) is 0. The highest BCUT2D eigenvalue weighted by molar-refractivity contribution is 5.32. The fourth-order valence-corrected chi connectivity index (χ4v) is 2.76. The second-order valence-electron chi connectivity index (χ2n) is 5.80. The van der Waals surface area contributed by atoms with Gasteiger partial charge < -0.3 is 4.48 Å². The van der Waals surface area contributed by atoms with E-state index in [2.05, 4.69) is 32.3 Å². The molecule has 2 nitrogen and oxygen atoms in total. The zero-order valence-corrected chi connectivity index (χ0v) is 10.8. The van der Waals surface area contributed by atoms with Gasteiger partial charge in [0, 0.05) is 6.42 Å². The minimum atomic E-state index is -0.257. The molecule has 1 saturated heterocycles. The van der Waals surface area contributed by atoms with Gasteiger partial charge >= 0.3 is 0 Å². The summed E-state index contributed by atoms with van der Waals surface area (Å²) in [5.74, 6) is 0. The van der Waals surface area contributed by atoms with Crippen LogP contribution < -0.4 is 0 Å². The number of nitrogens with zero attached hydrogens (tertiary/aromatic N) is 2. The first-order chi connectivity index (χ1) is 8.08. The van der Waals surface area contributed by atoms with Crippen LogP contribution in [-0.2, 0) is 5.41 Å². The summed E-state index contributed by atoms with van der Waals surface area (Å²) < 4.78 is 1.04. The summed E-state index contributed by atoms with van der Waals surface area (Å²) in [6.45, 7) is 2.26. The second-order valence-corrected chi connectivity index (χ2v) is 5.80. The third kappa shape index (κ3) is 2.50. The molecule has 0 bridgehead atoms. The number of hydrogen-bond donors (Lipinski definition) is 0. The number of hydrogen-bond acceptors (Lipinski definition) is 1. The summed E-state index contributed by atoms with van der Waals surface area (Å²) in [5.41, 5.74) is 0.942. The first kappa shape index (κ1) is 12.1. The van der Waals surface area contributed by atoms with Crippen LogP contribution in [0.5, 0.6) is 0 Å². The quantitative estimate of drug-likeness (QED) is 0.679. The molecule has 1 fully saturated rings. The lowest BCUT2D eigenvalue weighted by Gasteiger charge is -2.29. The molecular weight excluding hydrogens is 208 g/mol. The van der Waals surface area contributed by atoms with E-state index >= 15 is 0 Å². The molecule has 1 heterocycles. The molecule has 1 atom stereocenters. The molecule has 90 valence electrons. The number of quaternary nitrogens is 1. The lowest BCUT2D eigenvalue weighted by molar-refractivity contribution is -0.889. The minimum absolute atomic E-state index is 0.257. The number of rotatable bonds is 1. The second kappa shape index (κ2) is 4.50. The van der Waals surface area contributed by atoms with Crippen molar-refractivity contribution in [3.05, 3.63) is 35.9 Å². The summed E-state index contributed by atoms with van der Waals surface area (Å²) in [6.07, 6.45) is 3.10. The number of benzene rings is 1. The van der Waals surface area contributed by atoms with E-state index in [1.54, 1.807) is 0 Å². The van der Waals surface area contributed by atoms with Crippen molar-refractivity contribution in [2.45, 2.75) is 24.7 Å². The summed E-state index contributed by atoms with van der Waals surface area (Å²) in [6, 6.07) is 12.9. The van der Waals surface area contributed by atoms with Gasteiger partial charge in [-0.3, -0.25) is 0 Å². The van der Waals surface area contributed by atoms with E-state index in [0.29, 0.717) is 0 Å². The highest BCUT2D eigenvalue weighted by Gasteiger charge is 2.37. The fourth-order valence-electron chi connectivity index (χ4n) is 2.76. The molecule has 0 unspecified atom stereocenters. The zero-order valence-electron chi connectivity index (χ0n) is 10.8. The largest absolute Gasteiger partial charge is 0.328 e. The van der Waals surface area contributed by atoms with Crippen LogP contribution in [-0.4, -0.2) is 31.7 Å². The van der Waals surface area contributed by atoms with Gasteiger partial charge in [0.15, 0.2) is 0 Å². The molecule has 0 aromatic heterocycles. The van der Waals surface area contributed by atoms with Crippen molar-refractivity contribution < 1.29 is 4.48 Å². The molecule has 17 heavy (non-hydrogen) atoms. The molecule has 2 rings (SSSR count). The zero-order chi connectivity index (χ0) is 12.4. The molecule has 0 radical (unpaired) electrons. The third-order valence-corrected chi connectivity index (χ3v) is 4.05. The average Bonchev–Trinajstić information content (AvgIpc) is 2.50. The van der Waals surface area contributed by atoms with Gasteiger partial charge in [0.2, 0.25) is 0 Å². The molecule has 1 aromatic rings. The van der Waals surface area contributed by atoms with Crippen LogP contribution in [0.15, 0.2) is 30.3 Å².